The number of carbonyl (C=O) groups is 1. The fourth-order valence-electron chi connectivity index (χ4n) is 9.29. The first-order chi connectivity index (χ1) is 26.7. The number of nitrogens with zero attached hydrogens (tertiary/aromatic N) is 1. The molecule has 0 N–H and O–H groups in total. The Bertz CT molecular complexity index is 2670. The van der Waals surface area contributed by atoms with Crippen LogP contribution in [0.1, 0.15) is 43.7 Å². The van der Waals surface area contributed by atoms with Crippen LogP contribution in [-0.2, 0) is 12.0 Å². The maximum atomic E-state index is 14.0. The van der Waals surface area contributed by atoms with Crippen LogP contribution < -0.4 is 9.64 Å². The number of hydrogen-bond acceptors (Lipinski definition) is 3. The van der Waals surface area contributed by atoms with Gasteiger partial charge >= 0.3 is 0 Å². The van der Waals surface area contributed by atoms with Crippen molar-refractivity contribution in [2.45, 2.75) is 12.0 Å². The molecular formula is C51H33NO2. The minimum atomic E-state index is -0.870. The number of anilines is 2. The van der Waals surface area contributed by atoms with Gasteiger partial charge in [0.2, 0.25) is 0 Å². The maximum absolute atomic E-state index is 14.0. The minimum Gasteiger partial charge on any atom is -0.453 e. The number of fused-ring (bicyclic) bond motifs is 7. The smallest absolute Gasteiger partial charge is 0.193 e. The van der Waals surface area contributed by atoms with E-state index in [0.717, 1.165) is 61.8 Å². The number of rotatable bonds is 4. The molecule has 0 atom stereocenters. The molecule has 0 aromatic heterocycles. The van der Waals surface area contributed by atoms with Gasteiger partial charge in [-0.05, 0) is 91.9 Å². The third-order valence-electron chi connectivity index (χ3n) is 11.5. The van der Waals surface area contributed by atoms with Gasteiger partial charge in [-0.15, -0.1) is 0 Å². The van der Waals surface area contributed by atoms with Gasteiger partial charge in [0.15, 0.2) is 17.3 Å². The highest BCUT2D eigenvalue weighted by Gasteiger charge is 2.53. The fraction of sp³-hybridized carbons (Fsp3) is 0.0392. The van der Waals surface area contributed by atoms with E-state index in [1.54, 1.807) is 0 Å². The molecule has 8 aromatic rings. The van der Waals surface area contributed by atoms with Crippen molar-refractivity contribution in [3.05, 3.63) is 227 Å². The number of para-hydroxylation sites is 4. The van der Waals surface area contributed by atoms with E-state index in [4.69, 9.17) is 4.74 Å². The summed E-state index contributed by atoms with van der Waals surface area (Å²) in [4.78, 5) is 16.5. The lowest BCUT2D eigenvalue weighted by Gasteiger charge is -2.47. The summed E-state index contributed by atoms with van der Waals surface area (Å²) in [7, 11) is 0. The molecule has 1 aliphatic heterocycles. The van der Waals surface area contributed by atoms with Crippen molar-refractivity contribution >= 4 is 17.2 Å². The van der Waals surface area contributed by atoms with Crippen LogP contribution in [0.25, 0.3) is 33.4 Å². The predicted molar refractivity (Wildman–Crippen MR) is 217 cm³/mol. The van der Waals surface area contributed by atoms with E-state index in [1.807, 2.05) is 30.3 Å². The number of benzene rings is 8. The second-order valence-corrected chi connectivity index (χ2v) is 14.3. The Morgan fingerprint density at radius 1 is 0.444 bits per heavy atom. The summed E-state index contributed by atoms with van der Waals surface area (Å²) >= 11 is 0. The van der Waals surface area contributed by atoms with Gasteiger partial charge in [0.1, 0.15) is 5.54 Å². The van der Waals surface area contributed by atoms with Crippen LogP contribution in [0.3, 0.4) is 0 Å². The first-order valence-electron chi connectivity index (χ1n) is 18.5. The van der Waals surface area contributed by atoms with Crippen molar-refractivity contribution in [3.63, 3.8) is 0 Å². The van der Waals surface area contributed by atoms with Crippen LogP contribution in [0, 0.1) is 0 Å². The normalized spacial score (nSPS) is 14.1. The van der Waals surface area contributed by atoms with Gasteiger partial charge in [0.25, 0.3) is 0 Å². The number of hydrogen-bond donors (Lipinski definition) is 0. The van der Waals surface area contributed by atoms with Crippen molar-refractivity contribution < 1.29 is 9.53 Å². The Labute approximate surface area is 314 Å². The Balaban J connectivity index is 1.31. The zero-order chi connectivity index (χ0) is 35.8. The summed E-state index contributed by atoms with van der Waals surface area (Å²) in [6.07, 6.45) is 0.686. The average molecular weight is 692 g/mol. The topological polar surface area (TPSA) is 29.5 Å². The van der Waals surface area contributed by atoms with Crippen molar-refractivity contribution in [1.82, 2.24) is 0 Å². The van der Waals surface area contributed by atoms with Gasteiger partial charge in [-0.1, -0.05) is 164 Å². The number of carbonyl (C=O) groups excluding carboxylic acids is 1. The van der Waals surface area contributed by atoms with Crippen molar-refractivity contribution in [2.75, 3.05) is 4.90 Å². The van der Waals surface area contributed by atoms with Gasteiger partial charge in [-0.3, -0.25) is 4.79 Å². The highest BCUT2D eigenvalue weighted by atomic mass is 16.5. The standard InChI is InChI=1S/C51H33NO2/c53-50-40-20-8-7-19-35(40)31-36-32-37(29-30-41(36)50)51(52-44-25-9-11-27-46(44)54-47-28-12-10-26-45(47)52)42-23-13-21-38(33-15-3-1-4-16-33)48(42)49-39(22-14-24-43(49)51)34-17-5-2-6-18-34/h1-30,32H,31H2. The highest BCUT2D eigenvalue weighted by Crippen LogP contribution is 2.64. The van der Waals surface area contributed by atoms with E-state index in [-0.39, 0.29) is 5.78 Å². The average Bonchev–Trinajstić information content (AvgIpc) is 3.54. The lowest BCUT2D eigenvalue weighted by atomic mass is 9.75. The third-order valence-corrected chi connectivity index (χ3v) is 11.5. The third kappa shape index (κ3) is 4.27. The predicted octanol–water partition coefficient (Wildman–Crippen LogP) is 12.4. The molecule has 2 aliphatic carbocycles. The molecule has 3 aliphatic rings. The molecule has 0 amide bonds. The summed E-state index contributed by atoms with van der Waals surface area (Å²) in [5.41, 5.74) is 15.3. The molecular weight excluding hydrogens is 659 g/mol. The zero-order valence-corrected chi connectivity index (χ0v) is 29.4. The molecule has 0 radical (unpaired) electrons. The highest BCUT2D eigenvalue weighted by molar-refractivity contribution is 6.12. The van der Waals surface area contributed by atoms with Gasteiger partial charge in [-0.25, -0.2) is 0 Å². The van der Waals surface area contributed by atoms with Gasteiger partial charge in [0, 0.05) is 11.1 Å². The quantitative estimate of drug-likeness (QED) is 0.184. The van der Waals surface area contributed by atoms with Gasteiger partial charge in [-0.2, -0.15) is 0 Å². The second-order valence-electron chi connectivity index (χ2n) is 14.3. The minimum absolute atomic E-state index is 0.0828. The van der Waals surface area contributed by atoms with E-state index >= 15 is 0 Å². The second kappa shape index (κ2) is 11.8. The molecule has 1 heterocycles. The summed E-state index contributed by atoms with van der Waals surface area (Å²) in [5, 5.41) is 0. The van der Waals surface area contributed by atoms with E-state index in [2.05, 4.69) is 163 Å². The van der Waals surface area contributed by atoms with Crippen LogP contribution in [0.15, 0.2) is 188 Å². The number of ether oxygens (including phenoxy) is 1. The molecule has 0 unspecified atom stereocenters. The molecule has 3 heteroatoms. The molecule has 0 spiro atoms. The molecule has 0 bridgehead atoms. The molecule has 8 aromatic carbocycles. The monoisotopic (exact) mass is 691 g/mol. The van der Waals surface area contributed by atoms with E-state index < -0.39 is 5.54 Å². The van der Waals surface area contributed by atoms with Crippen LogP contribution in [0.4, 0.5) is 11.4 Å². The molecule has 0 saturated heterocycles. The van der Waals surface area contributed by atoms with E-state index in [9.17, 15) is 4.79 Å². The molecule has 11 rings (SSSR count). The van der Waals surface area contributed by atoms with Crippen LogP contribution in [0.5, 0.6) is 11.5 Å². The van der Waals surface area contributed by atoms with Gasteiger partial charge in [0.05, 0.1) is 11.4 Å². The number of ketones is 1. The fourth-order valence-corrected chi connectivity index (χ4v) is 9.29. The SMILES string of the molecule is O=C1c2ccccc2Cc2cc(C3(N4c5ccccc5Oc5ccccc54)c4cccc(-c5ccccc5)c4-c4c(-c5ccccc5)cccc43)ccc21. The lowest BCUT2D eigenvalue weighted by molar-refractivity contribution is 0.103. The first-order valence-corrected chi connectivity index (χ1v) is 18.5. The Morgan fingerprint density at radius 3 is 1.56 bits per heavy atom. The Kier molecular flexibility index (Phi) is 6.68. The largest absolute Gasteiger partial charge is 0.453 e. The van der Waals surface area contributed by atoms with Gasteiger partial charge < -0.3 is 9.64 Å². The Hall–Kier alpha value is -6.97. The summed E-state index contributed by atoms with van der Waals surface area (Å²) in [6.45, 7) is 0. The maximum Gasteiger partial charge on any atom is 0.193 e. The van der Waals surface area contributed by atoms with Crippen molar-refractivity contribution in [3.8, 4) is 44.9 Å². The molecule has 54 heavy (non-hydrogen) atoms. The molecule has 0 saturated carbocycles. The summed E-state index contributed by atoms with van der Waals surface area (Å²) in [6, 6.07) is 66.4. The molecule has 0 fully saturated rings. The van der Waals surface area contributed by atoms with E-state index in [0.29, 0.717) is 6.42 Å². The molecule has 254 valence electrons. The molecule has 3 nitrogen and oxygen atoms in total. The zero-order valence-electron chi connectivity index (χ0n) is 29.4. The first kappa shape index (κ1) is 30.6. The van der Waals surface area contributed by atoms with Crippen molar-refractivity contribution in [2.24, 2.45) is 0 Å². The Morgan fingerprint density at radius 2 is 0.944 bits per heavy atom. The van der Waals surface area contributed by atoms with Crippen LogP contribution in [-0.4, -0.2) is 5.78 Å². The lowest BCUT2D eigenvalue weighted by Crippen LogP contribution is -2.45. The summed E-state index contributed by atoms with van der Waals surface area (Å²) < 4.78 is 6.67. The van der Waals surface area contributed by atoms with Crippen LogP contribution >= 0.6 is 0 Å². The van der Waals surface area contributed by atoms with Crippen LogP contribution in [0.2, 0.25) is 0 Å². The van der Waals surface area contributed by atoms with Crippen molar-refractivity contribution in [1.29, 1.82) is 0 Å². The van der Waals surface area contributed by atoms with E-state index in [1.165, 1.54) is 33.4 Å². The summed E-state index contributed by atoms with van der Waals surface area (Å²) in [5.74, 6) is 1.68.